The first-order chi connectivity index (χ1) is 14.7. The van der Waals surface area contributed by atoms with Crippen molar-refractivity contribution in [3.05, 3.63) is 48.5 Å². The maximum atomic E-state index is 13.3. The lowest BCUT2D eigenvalue weighted by Crippen LogP contribution is -2.40. The van der Waals surface area contributed by atoms with E-state index >= 15 is 0 Å². The van der Waals surface area contributed by atoms with E-state index < -0.39 is 0 Å². The van der Waals surface area contributed by atoms with E-state index in [0.717, 1.165) is 63.5 Å². The zero-order chi connectivity index (χ0) is 20.7. The number of imidazole rings is 1. The minimum atomic E-state index is 0.103. The highest BCUT2D eigenvalue weighted by Gasteiger charge is 2.40. The van der Waals surface area contributed by atoms with Crippen LogP contribution in [-0.2, 0) is 11.3 Å². The number of nitrogens with zero attached hydrogens (tertiary/aromatic N) is 4. The Kier molecular flexibility index (Phi) is 5.16. The molecular weight excluding hydrogens is 412 g/mol. The van der Waals surface area contributed by atoms with Crippen molar-refractivity contribution in [1.82, 2.24) is 9.55 Å². The molecule has 30 heavy (non-hydrogen) atoms. The molecule has 0 bridgehead atoms. The lowest BCUT2D eigenvalue weighted by atomic mass is 10.2. The number of carbonyl (C=O) groups excluding carboxylic acids is 1. The van der Waals surface area contributed by atoms with Crippen molar-refractivity contribution in [2.24, 2.45) is 0 Å². The Balaban J connectivity index is 1.46. The van der Waals surface area contributed by atoms with E-state index in [0.29, 0.717) is 5.75 Å². The molecule has 2 aliphatic rings. The number of para-hydroxylation sites is 4. The van der Waals surface area contributed by atoms with Gasteiger partial charge in [0.1, 0.15) is 0 Å². The standard InChI is InChI=1S/C23H24N4OS2/c1-3-13-25-17-10-6-5-9-16(17)24-22(25)29-15-20-21(28)27-19-12-8-7-11-18(19)26(14-4-2)23(27)30-20/h5-12H,3-4,13-15H2,1-2H3. The number of amides is 1. The van der Waals surface area contributed by atoms with Crippen LogP contribution in [0.1, 0.15) is 26.7 Å². The first-order valence-electron chi connectivity index (χ1n) is 10.4. The second-order valence-electron chi connectivity index (χ2n) is 7.41. The third-order valence-electron chi connectivity index (χ3n) is 5.34. The van der Waals surface area contributed by atoms with E-state index in [9.17, 15) is 4.79 Å². The number of carbonyl (C=O) groups is 1. The van der Waals surface area contributed by atoms with Crippen LogP contribution < -0.4 is 9.80 Å². The van der Waals surface area contributed by atoms with Gasteiger partial charge in [0, 0.05) is 18.8 Å². The number of hydrogen-bond acceptors (Lipinski definition) is 4. The lowest BCUT2D eigenvalue weighted by Gasteiger charge is -2.18. The Bertz CT molecular complexity index is 1210. The SMILES string of the molecule is CCCN1C2=S=C(CSc3nc4ccccc4n3CCC)C(=O)N2c2ccccc21. The molecular formula is C23H24N4OS2. The summed E-state index contributed by atoms with van der Waals surface area (Å²) in [6.07, 6.45) is 2.08. The number of hydrogen-bond donors (Lipinski definition) is 0. The van der Waals surface area contributed by atoms with Gasteiger partial charge in [-0.1, -0.05) is 60.8 Å². The quantitative estimate of drug-likeness (QED) is 0.394. The molecule has 1 amide bonds. The van der Waals surface area contributed by atoms with Crippen molar-refractivity contribution in [2.45, 2.75) is 38.4 Å². The van der Waals surface area contributed by atoms with Gasteiger partial charge in [-0.3, -0.25) is 9.69 Å². The van der Waals surface area contributed by atoms with Gasteiger partial charge in [0.2, 0.25) is 0 Å². The van der Waals surface area contributed by atoms with Gasteiger partial charge in [0.15, 0.2) is 10.3 Å². The normalized spacial score (nSPS) is 15.2. The van der Waals surface area contributed by atoms with Crippen LogP contribution in [0.25, 0.3) is 11.0 Å². The second-order valence-corrected chi connectivity index (χ2v) is 9.42. The van der Waals surface area contributed by atoms with E-state index in [-0.39, 0.29) is 5.91 Å². The number of thioether (sulfide) groups is 1. The molecule has 5 rings (SSSR count). The van der Waals surface area contributed by atoms with Gasteiger partial charge >= 0.3 is 0 Å². The van der Waals surface area contributed by atoms with Crippen LogP contribution in [0.5, 0.6) is 0 Å². The fourth-order valence-corrected chi connectivity index (χ4v) is 6.32. The van der Waals surface area contributed by atoms with E-state index in [2.05, 4.69) is 47.6 Å². The predicted molar refractivity (Wildman–Crippen MR) is 130 cm³/mol. The van der Waals surface area contributed by atoms with Gasteiger partial charge in [-0.15, -0.1) is 0 Å². The maximum Gasteiger partial charge on any atom is 0.271 e. The number of anilines is 2. The first kappa shape index (κ1) is 19.5. The molecule has 154 valence electrons. The molecule has 2 aliphatic heterocycles. The molecule has 5 nitrogen and oxygen atoms in total. The van der Waals surface area contributed by atoms with Gasteiger partial charge in [0.05, 0.1) is 27.3 Å². The molecule has 0 fully saturated rings. The van der Waals surface area contributed by atoms with Crippen LogP contribution in [0, 0.1) is 0 Å². The molecule has 1 aromatic heterocycles. The summed E-state index contributed by atoms with van der Waals surface area (Å²) in [5, 5.41) is 2.02. The van der Waals surface area contributed by atoms with Gasteiger partial charge in [-0.2, -0.15) is 0 Å². The Hall–Kier alpha value is -2.51. The van der Waals surface area contributed by atoms with E-state index in [1.807, 2.05) is 29.2 Å². The Morgan fingerprint density at radius 1 is 0.967 bits per heavy atom. The van der Waals surface area contributed by atoms with E-state index in [1.54, 1.807) is 22.7 Å². The van der Waals surface area contributed by atoms with Crippen LogP contribution >= 0.6 is 22.7 Å². The molecule has 0 spiro atoms. The smallest absolute Gasteiger partial charge is 0.271 e. The molecule has 0 saturated heterocycles. The molecule has 0 aliphatic carbocycles. The number of benzene rings is 2. The van der Waals surface area contributed by atoms with E-state index in [4.69, 9.17) is 4.98 Å². The van der Waals surface area contributed by atoms with E-state index in [1.165, 1.54) is 0 Å². The summed E-state index contributed by atoms with van der Waals surface area (Å²) in [4.78, 5) is 23.2. The third kappa shape index (κ3) is 3.08. The van der Waals surface area contributed by atoms with Crippen LogP contribution in [0.2, 0.25) is 0 Å². The lowest BCUT2D eigenvalue weighted by molar-refractivity contribution is -0.111. The summed E-state index contributed by atoms with van der Waals surface area (Å²) in [5.74, 6) is 0.741. The number of aryl methyl sites for hydroxylation is 1. The molecule has 2 aromatic carbocycles. The fraction of sp³-hybridized carbons (Fsp3) is 0.304. The Morgan fingerprint density at radius 2 is 1.70 bits per heavy atom. The average molecular weight is 437 g/mol. The topological polar surface area (TPSA) is 41.4 Å². The van der Waals surface area contributed by atoms with Gasteiger partial charge < -0.3 is 9.47 Å². The van der Waals surface area contributed by atoms with Crippen molar-refractivity contribution < 1.29 is 4.79 Å². The maximum absolute atomic E-state index is 13.3. The molecule has 0 unspecified atom stereocenters. The first-order valence-corrected chi connectivity index (χ1v) is 12.2. The highest BCUT2D eigenvalue weighted by Crippen LogP contribution is 2.40. The highest BCUT2D eigenvalue weighted by atomic mass is 32.2. The summed E-state index contributed by atoms with van der Waals surface area (Å²) in [7, 11) is 1.62. The zero-order valence-corrected chi connectivity index (χ0v) is 18.8. The van der Waals surface area contributed by atoms with Crippen molar-refractivity contribution in [3.63, 3.8) is 0 Å². The summed E-state index contributed by atoms with van der Waals surface area (Å²) in [6.45, 7) is 6.20. The van der Waals surface area contributed by atoms with Crippen molar-refractivity contribution in [1.29, 1.82) is 0 Å². The van der Waals surface area contributed by atoms with Gasteiger partial charge in [0.25, 0.3) is 5.91 Å². The predicted octanol–water partition coefficient (Wildman–Crippen LogP) is 4.81. The summed E-state index contributed by atoms with van der Waals surface area (Å²) >= 11 is 1.66. The third-order valence-corrected chi connectivity index (χ3v) is 7.67. The number of rotatable bonds is 7. The van der Waals surface area contributed by atoms with Crippen LogP contribution in [0.3, 0.4) is 0 Å². The molecule has 0 radical (unpaired) electrons. The number of fused-ring (bicyclic) bond motifs is 4. The summed E-state index contributed by atoms with van der Waals surface area (Å²) in [5.41, 5.74) is 4.31. The van der Waals surface area contributed by atoms with Crippen molar-refractivity contribution in [2.75, 3.05) is 22.1 Å². The minimum Gasteiger partial charge on any atom is -0.319 e. The molecule has 3 heterocycles. The minimum absolute atomic E-state index is 0.103. The second kappa shape index (κ2) is 7.96. The number of aromatic nitrogens is 2. The monoisotopic (exact) mass is 436 g/mol. The summed E-state index contributed by atoms with van der Waals surface area (Å²) < 4.78 is 2.28. The van der Waals surface area contributed by atoms with Gasteiger partial charge in [-0.05, 0) is 37.1 Å². The van der Waals surface area contributed by atoms with Crippen LogP contribution in [0.4, 0.5) is 11.4 Å². The van der Waals surface area contributed by atoms with Crippen LogP contribution in [0.15, 0.2) is 53.7 Å². The zero-order valence-electron chi connectivity index (χ0n) is 17.2. The van der Waals surface area contributed by atoms with Gasteiger partial charge in [-0.25, -0.2) is 4.98 Å². The molecule has 7 heteroatoms. The molecule has 0 saturated carbocycles. The Labute approximate surface area is 184 Å². The molecule has 3 aromatic rings. The fourth-order valence-electron chi connectivity index (χ4n) is 4.05. The largest absolute Gasteiger partial charge is 0.319 e. The molecule has 0 atom stereocenters. The highest BCUT2D eigenvalue weighted by molar-refractivity contribution is 8.05. The average Bonchev–Trinajstić information content (AvgIpc) is 3.38. The summed E-state index contributed by atoms with van der Waals surface area (Å²) in [6, 6.07) is 16.4. The van der Waals surface area contributed by atoms with Crippen molar-refractivity contribution >= 4 is 61.0 Å². The van der Waals surface area contributed by atoms with Crippen molar-refractivity contribution in [3.8, 4) is 0 Å². The Morgan fingerprint density at radius 3 is 2.50 bits per heavy atom. The molecule has 0 N–H and O–H groups in total. The van der Waals surface area contributed by atoms with Crippen LogP contribution in [-0.4, -0.2) is 37.7 Å².